The van der Waals surface area contributed by atoms with E-state index in [2.05, 4.69) is 36.2 Å². The monoisotopic (exact) mass is 1380 g/mol. The largest absolute Gasteiger partial charge is 0.476 e. The number of aliphatic hydroxyl groups is 18. The van der Waals surface area contributed by atoms with E-state index in [9.17, 15) is 102 Å². The average molecular weight is 1380 g/mol. The standard InChI is InChI=1S/C36H60O30.C20H24N2O3S2/c37-1-7-25-13(43)19(49)31(55-7)62-26-8(2-38)57-33(21(51)15(26)45)64-28-10(4-40)59-35(23(53)17(28)47)66-30-12(6-42)60-36(24(54)18(30)48)65-29-11(5-41)58-34(22(52)16(29)46)63-27-9(3-39)56-32(61-25)20(50)14(27)44;1-2-3-4-14-5-7-15(8-6-14)17-9-10-18(23)22(17)11-12-26-20-21-16(13-27-20)19(24)25/h7-54H,1-6H2;5-8,13,17H,2-4,9-12H2,1H3,(H,24,25)/t7-,8-,9-,10-,11-,12-,13-,14-,15-,16-,17-,18-,19-,20-,21-,22-,23-,24-,25-,26-,27-,28-,29-,30-,31-,32-,33-,34-,35-,36-;/m1./s1. The maximum absolute atomic E-state index is 12.3. The zero-order valence-corrected chi connectivity index (χ0v) is 51.5. The number of hydrogen-bond acceptors (Lipinski definition) is 35. The zero-order chi connectivity index (χ0) is 67.3. The van der Waals surface area contributed by atoms with Gasteiger partial charge in [0, 0.05) is 24.1 Å². The van der Waals surface area contributed by atoms with Gasteiger partial charge in [0.1, 0.15) is 146 Å². The molecule has 23 saturated heterocycles. The Morgan fingerprint density at radius 3 is 1.08 bits per heavy atom. The normalized spacial score (nSPS) is 44.2. The van der Waals surface area contributed by atoms with E-state index in [1.54, 1.807) is 5.38 Å². The average Bonchev–Trinajstić information content (AvgIpc) is 1.59. The SMILES string of the molecule is CCCCc1ccc(C2CCC(=O)N2CCSc2nc(C(=O)O)cs2)cc1.OC[C@H]1O[C@@H]2O[C@H]3[C@H](O)[C@@H](O)[C@@H](O[C@H]4[C@H](O)[C@@H](O)[C@@H](O[C@H]5[C@H](O)[C@@H](O)[C@@H](O[C@H]6[C@H](O)[C@@H](O)[C@@H](O[C@H]7[C@H](O)[C@@H](O)[C@@H](O[C@H]1[C@H](O)[C@H]2O)O[C@@H]7CO)O[C@@H]6CO)O[C@@H]5CO)O[C@@H]4CO)O[C@@H]3CO. The topological polar surface area (TPSA) is 545 Å². The summed E-state index contributed by atoms with van der Waals surface area (Å²) in [5.41, 5.74) is 2.64. The molecule has 35 nitrogen and oxygen atoms in total. The molecule has 0 radical (unpaired) electrons. The molecule has 528 valence electrons. The van der Waals surface area contributed by atoms with Crippen molar-refractivity contribution >= 4 is 35.0 Å². The third-order valence-corrected chi connectivity index (χ3v) is 19.4. The highest BCUT2D eigenvalue weighted by Gasteiger charge is 2.59. The van der Waals surface area contributed by atoms with Crippen molar-refractivity contribution in [3.8, 4) is 0 Å². The number of thioether (sulfide) groups is 1. The van der Waals surface area contributed by atoms with Crippen LogP contribution in [0.3, 0.4) is 0 Å². The van der Waals surface area contributed by atoms with E-state index in [1.165, 1.54) is 47.1 Å². The van der Waals surface area contributed by atoms with Gasteiger partial charge in [-0.2, -0.15) is 0 Å². The van der Waals surface area contributed by atoms with Gasteiger partial charge < -0.3 is 159 Å². The van der Waals surface area contributed by atoms with Crippen LogP contribution in [0.25, 0.3) is 0 Å². The number of carboxylic acids is 1. The van der Waals surface area contributed by atoms with Gasteiger partial charge in [-0.05, 0) is 30.4 Å². The number of aryl methyl sites for hydroxylation is 1. The summed E-state index contributed by atoms with van der Waals surface area (Å²) in [5.74, 6) is -0.0973. The number of ether oxygens (including phenoxy) is 12. The van der Waals surface area contributed by atoms with E-state index in [0.29, 0.717) is 18.7 Å². The highest BCUT2D eigenvalue weighted by atomic mass is 32.2. The second kappa shape index (κ2) is 33.2. The molecule has 23 aliphatic heterocycles. The van der Waals surface area contributed by atoms with Gasteiger partial charge in [0.2, 0.25) is 5.91 Å². The molecule has 93 heavy (non-hydrogen) atoms. The van der Waals surface area contributed by atoms with E-state index in [-0.39, 0.29) is 17.6 Å². The number of aliphatic hydroxyl groups excluding tert-OH is 18. The minimum absolute atomic E-state index is 0.0841. The quantitative estimate of drug-likeness (QED) is 0.0737. The van der Waals surface area contributed by atoms with Gasteiger partial charge in [0.05, 0.1) is 45.7 Å². The molecular weight excluding hydrogens is 1290 g/mol. The van der Waals surface area contributed by atoms with Gasteiger partial charge >= 0.3 is 5.97 Å². The summed E-state index contributed by atoms with van der Waals surface area (Å²) in [6, 6.07) is 8.83. The van der Waals surface area contributed by atoms with Crippen molar-refractivity contribution in [2.45, 2.75) is 234 Å². The van der Waals surface area contributed by atoms with Crippen molar-refractivity contribution in [2.75, 3.05) is 51.9 Å². The van der Waals surface area contributed by atoms with Crippen LogP contribution < -0.4 is 0 Å². The number of unbranched alkanes of at least 4 members (excludes halogenated alkanes) is 1. The lowest BCUT2D eigenvalue weighted by atomic mass is 9.94. The van der Waals surface area contributed by atoms with Crippen LogP contribution >= 0.6 is 23.1 Å². The number of carbonyl (C=O) groups is 2. The Kier molecular flexibility index (Phi) is 26.5. The van der Waals surface area contributed by atoms with Crippen molar-refractivity contribution in [3.63, 3.8) is 0 Å². The van der Waals surface area contributed by atoms with E-state index in [4.69, 9.17) is 61.9 Å². The number of amides is 1. The molecule has 37 heteroatoms. The molecule has 23 fully saturated rings. The van der Waals surface area contributed by atoms with Crippen molar-refractivity contribution in [2.24, 2.45) is 0 Å². The fraction of sp³-hybridized carbons (Fsp3) is 0.804. The molecule has 31 atom stereocenters. The molecule has 1 unspecified atom stereocenters. The lowest BCUT2D eigenvalue weighted by Crippen LogP contribution is -2.69. The molecule has 1 aromatic carbocycles. The van der Waals surface area contributed by atoms with Crippen molar-refractivity contribution < 1.29 is 163 Å². The Labute approximate surface area is 538 Å². The van der Waals surface area contributed by atoms with Crippen LogP contribution in [0.15, 0.2) is 34.0 Å². The summed E-state index contributed by atoms with van der Waals surface area (Å²) in [6.07, 6.45) is -53.5. The number of nitrogens with zero attached hydrogens (tertiary/aromatic N) is 2. The van der Waals surface area contributed by atoms with E-state index < -0.39 is 230 Å². The molecule has 24 heterocycles. The molecule has 25 rings (SSSR count). The third kappa shape index (κ3) is 16.3. The number of carboxylic acid groups (broad SMARTS) is 1. The first-order chi connectivity index (χ1) is 44.5. The first-order valence-corrected chi connectivity index (χ1v) is 32.2. The van der Waals surface area contributed by atoms with E-state index in [1.807, 2.05) is 4.90 Å². The summed E-state index contributed by atoms with van der Waals surface area (Å²) < 4.78 is 68.6. The minimum Gasteiger partial charge on any atom is -0.476 e. The molecule has 2 aromatic rings. The van der Waals surface area contributed by atoms with Crippen LogP contribution in [-0.2, 0) is 68.1 Å². The number of hydrogen-bond donors (Lipinski definition) is 19. The maximum Gasteiger partial charge on any atom is 0.355 e. The predicted molar refractivity (Wildman–Crippen MR) is 304 cm³/mol. The van der Waals surface area contributed by atoms with E-state index in [0.717, 1.165) is 17.2 Å². The zero-order valence-electron chi connectivity index (χ0n) is 49.9. The Balaban J connectivity index is 0.000000314. The number of aromatic nitrogens is 1. The third-order valence-electron chi connectivity index (χ3n) is 17.4. The second-order valence-electron chi connectivity index (χ2n) is 23.5. The summed E-state index contributed by atoms with van der Waals surface area (Å²) in [6.45, 7) is -3.15. The summed E-state index contributed by atoms with van der Waals surface area (Å²) in [7, 11) is 0. The van der Waals surface area contributed by atoms with Crippen LogP contribution in [0.5, 0.6) is 0 Å². The Bertz CT molecular complexity index is 2370. The van der Waals surface area contributed by atoms with Crippen molar-refractivity contribution in [3.05, 3.63) is 46.5 Å². The number of carbonyl (C=O) groups excluding carboxylic acids is 1. The molecule has 0 spiro atoms. The van der Waals surface area contributed by atoms with Gasteiger partial charge in [-0.15, -0.1) is 11.3 Å². The summed E-state index contributed by atoms with van der Waals surface area (Å²) in [4.78, 5) is 29.3. The van der Waals surface area contributed by atoms with Crippen LogP contribution in [0.2, 0.25) is 0 Å². The predicted octanol–water partition coefficient (Wildman–Crippen LogP) is -8.42. The number of likely N-dealkylation sites (tertiary alicyclic amines) is 1. The first-order valence-electron chi connectivity index (χ1n) is 30.4. The summed E-state index contributed by atoms with van der Waals surface area (Å²) >= 11 is 2.84. The number of aromatic carboxylic acids is 1. The number of benzene rings is 1. The Morgan fingerprint density at radius 1 is 0.495 bits per heavy atom. The van der Waals surface area contributed by atoms with Crippen molar-refractivity contribution in [1.29, 1.82) is 0 Å². The molecule has 12 bridgehead atoms. The van der Waals surface area contributed by atoms with Gasteiger partial charge in [-0.25, -0.2) is 9.78 Å². The maximum atomic E-state index is 12.3. The fourth-order valence-electron chi connectivity index (χ4n) is 12.2. The number of thiazole rings is 1. The van der Waals surface area contributed by atoms with E-state index >= 15 is 0 Å². The van der Waals surface area contributed by atoms with Crippen LogP contribution in [0.4, 0.5) is 0 Å². The minimum atomic E-state index is -2.15. The summed E-state index contributed by atoms with van der Waals surface area (Å²) in [5, 5.41) is 206. The first kappa shape index (κ1) is 74.2. The van der Waals surface area contributed by atoms with Gasteiger partial charge in [0.15, 0.2) is 47.8 Å². The Hall–Kier alpha value is -3.06. The van der Waals surface area contributed by atoms with Crippen LogP contribution in [0.1, 0.15) is 60.3 Å². The van der Waals surface area contributed by atoms with Gasteiger partial charge in [-0.3, -0.25) is 4.79 Å². The second-order valence-corrected chi connectivity index (χ2v) is 25.7. The molecular formula is C56H84N2O33S2. The van der Waals surface area contributed by atoms with Crippen molar-refractivity contribution in [1.82, 2.24) is 9.88 Å². The molecule has 0 aliphatic carbocycles. The van der Waals surface area contributed by atoms with Gasteiger partial charge in [0.25, 0.3) is 0 Å². The Morgan fingerprint density at radius 2 is 0.806 bits per heavy atom. The van der Waals surface area contributed by atoms with Gasteiger partial charge in [-0.1, -0.05) is 49.4 Å². The fourth-order valence-corrected chi connectivity index (χ4v) is 14.0. The molecule has 19 N–H and O–H groups in total. The molecule has 0 saturated carbocycles. The highest BCUT2D eigenvalue weighted by molar-refractivity contribution is 8.01. The molecule has 1 amide bonds. The molecule has 1 aromatic heterocycles. The number of rotatable bonds is 15. The van der Waals surface area contributed by atoms with Crippen LogP contribution in [-0.4, -0.2) is 355 Å². The highest BCUT2D eigenvalue weighted by Crippen LogP contribution is 2.39. The molecule has 23 aliphatic rings. The van der Waals surface area contributed by atoms with Crippen LogP contribution in [0, 0.1) is 0 Å². The lowest BCUT2D eigenvalue weighted by molar-refractivity contribution is -0.404. The lowest BCUT2D eigenvalue weighted by Gasteiger charge is -2.50. The smallest absolute Gasteiger partial charge is 0.355 e.